The molecule has 1 fully saturated rings. The highest BCUT2D eigenvalue weighted by Gasteiger charge is 2.42. The second-order valence-corrected chi connectivity index (χ2v) is 14.2. The highest BCUT2D eigenvalue weighted by Crippen LogP contribution is 2.53. The molecule has 2 aromatic heterocycles. The van der Waals surface area contributed by atoms with E-state index in [-0.39, 0.29) is 17.7 Å². The summed E-state index contributed by atoms with van der Waals surface area (Å²) in [4.78, 5) is 36.0. The van der Waals surface area contributed by atoms with Crippen molar-refractivity contribution >= 4 is 34.3 Å². The first-order valence-electron chi connectivity index (χ1n) is 16.7. The molecular formula is C36H42N6O2S. The third-order valence-corrected chi connectivity index (χ3v) is 11.6. The number of carbonyl (C=O) groups excluding carboxylic acids is 2. The van der Waals surface area contributed by atoms with Crippen molar-refractivity contribution in [1.29, 1.82) is 0 Å². The molecule has 2 bridgehead atoms. The van der Waals surface area contributed by atoms with Crippen LogP contribution in [0.3, 0.4) is 0 Å². The van der Waals surface area contributed by atoms with Gasteiger partial charge in [-0.1, -0.05) is 13.0 Å². The number of nitrogens with one attached hydrogen (secondary N) is 1. The number of anilines is 1. The molecule has 1 unspecified atom stereocenters. The Morgan fingerprint density at radius 2 is 1.84 bits per heavy atom. The Morgan fingerprint density at radius 1 is 1.04 bits per heavy atom. The quantitative estimate of drug-likeness (QED) is 0.282. The van der Waals surface area contributed by atoms with E-state index in [0.717, 1.165) is 109 Å². The molecule has 8 rings (SSSR count). The average Bonchev–Trinajstić information content (AvgIpc) is 3.77. The van der Waals surface area contributed by atoms with Crippen LogP contribution >= 0.6 is 11.3 Å². The van der Waals surface area contributed by atoms with Crippen LogP contribution in [0.5, 0.6) is 0 Å². The maximum absolute atomic E-state index is 13.9. The molecule has 234 valence electrons. The van der Waals surface area contributed by atoms with Crippen LogP contribution in [0.15, 0.2) is 35.4 Å². The average molecular weight is 623 g/mol. The Kier molecular flexibility index (Phi) is 7.30. The minimum absolute atomic E-state index is 0.00931. The van der Waals surface area contributed by atoms with Crippen molar-refractivity contribution in [2.24, 2.45) is 7.05 Å². The number of fused-ring (bicyclic) bond motifs is 11. The summed E-state index contributed by atoms with van der Waals surface area (Å²) < 4.78 is 1.89. The lowest BCUT2D eigenvalue weighted by molar-refractivity contribution is 0.0965. The highest BCUT2D eigenvalue weighted by molar-refractivity contribution is 7.12. The van der Waals surface area contributed by atoms with E-state index in [1.807, 2.05) is 30.1 Å². The number of rotatable bonds is 8. The van der Waals surface area contributed by atoms with Gasteiger partial charge >= 0.3 is 0 Å². The summed E-state index contributed by atoms with van der Waals surface area (Å²) >= 11 is 1.53. The molecular weight excluding hydrogens is 581 g/mol. The van der Waals surface area contributed by atoms with Crippen molar-refractivity contribution in [3.8, 4) is 11.1 Å². The van der Waals surface area contributed by atoms with E-state index in [1.165, 1.54) is 46.8 Å². The van der Waals surface area contributed by atoms with E-state index in [2.05, 4.69) is 45.3 Å². The van der Waals surface area contributed by atoms with Crippen LogP contribution < -0.4 is 10.2 Å². The number of allylic oxidation sites excluding steroid dienone is 2. The van der Waals surface area contributed by atoms with Gasteiger partial charge in [-0.15, -0.1) is 11.3 Å². The standard InChI is InChI=1S/C36H42N6O2S/c1-4-40-12-14-41(15-13-40)10-5-6-11-42-25-18-23(17-24(19-25)34(43)35-22(2)9-16-45-35)30-27-20-37-36(44)32(27)31-26(33(30)42)7-8-29-28(31)21-39(3)38-29/h9,16-17,19,21,25H,4-8,10-15,18,20H2,1-3H3,(H,37,44). The maximum atomic E-state index is 13.9. The molecule has 1 aromatic carbocycles. The molecule has 5 aliphatic rings. The second kappa shape index (κ2) is 11.4. The third-order valence-electron chi connectivity index (χ3n) is 10.6. The normalized spacial score (nSPS) is 20.6. The van der Waals surface area contributed by atoms with E-state index in [4.69, 9.17) is 5.10 Å². The molecule has 3 aromatic rings. The van der Waals surface area contributed by atoms with Crippen molar-refractivity contribution in [2.45, 2.75) is 58.5 Å². The maximum Gasteiger partial charge on any atom is 0.252 e. The lowest BCUT2D eigenvalue weighted by atomic mass is 9.74. The van der Waals surface area contributed by atoms with Gasteiger partial charge in [-0.3, -0.25) is 14.3 Å². The molecule has 1 atom stereocenters. The molecule has 3 aliphatic heterocycles. The Hall–Kier alpha value is -3.53. The number of likely N-dealkylation sites (N-methyl/N-ethyl adjacent to an activating group) is 1. The van der Waals surface area contributed by atoms with Crippen LogP contribution in [0.4, 0.5) is 5.69 Å². The molecule has 0 saturated carbocycles. The zero-order valence-electron chi connectivity index (χ0n) is 26.6. The number of aryl methyl sites for hydroxylation is 3. The molecule has 2 aliphatic carbocycles. The first-order chi connectivity index (χ1) is 21.9. The van der Waals surface area contributed by atoms with Crippen LogP contribution in [0.2, 0.25) is 0 Å². The Labute approximate surface area is 269 Å². The summed E-state index contributed by atoms with van der Waals surface area (Å²) in [6, 6.07) is 2.15. The second-order valence-electron chi connectivity index (χ2n) is 13.3. The molecule has 5 heterocycles. The molecule has 9 heteroatoms. The first-order valence-corrected chi connectivity index (χ1v) is 17.5. The number of thiophene rings is 1. The zero-order chi connectivity index (χ0) is 30.8. The number of benzene rings is 1. The topological polar surface area (TPSA) is 73.7 Å². The minimum atomic E-state index is 0.00931. The monoisotopic (exact) mass is 622 g/mol. The van der Waals surface area contributed by atoms with Gasteiger partial charge in [-0.2, -0.15) is 5.10 Å². The molecule has 1 amide bonds. The van der Waals surface area contributed by atoms with Gasteiger partial charge in [0, 0.05) is 80.5 Å². The van der Waals surface area contributed by atoms with E-state index in [1.54, 1.807) is 0 Å². The fourth-order valence-corrected chi connectivity index (χ4v) is 9.21. The molecule has 1 N–H and O–H groups in total. The van der Waals surface area contributed by atoms with Gasteiger partial charge in [-0.25, -0.2) is 0 Å². The Morgan fingerprint density at radius 3 is 2.62 bits per heavy atom. The summed E-state index contributed by atoms with van der Waals surface area (Å²) in [6.45, 7) is 12.6. The molecule has 1 saturated heterocycles. The predicted molar refractivity (Wildman–Crippen MR) is 180 cm³/mol. The van der Waals surface area contributed by atoms with Gasteiger partial charge in [0.15, 0.2) is 0 Å². The van der Waals surface area contributed by atoms with Crippen LogP contribution in [0.25, 0.3) is 16.7 Å². The number of amides is 1. The molecule has 0 spiro atoms. The van der Waals surface area contributed by atoms with Gasteiger partial charge in [0.2, 0.25) is 5.78 Å². The van der Waals surface area contributed by atoms with Crippen molar-refractivity contribution in [1.82, 2.24) is 24.9 Å². The van der Waals surface area contributed by atoms with E-state index in [0.29, 0.717) is 6.54 Å². The largest absolute Gasteiger partial charge is 0.364 e. The Bertz CT molecular complexity index is 1770. The van der Waals surface area contributed by atoms with Crippen molar-refractivity contribution in [3.05, 3.63) is 73.8 Å². The fraction of sp³-hybridized carbons (Fsp3) is 0.472. The van der Waals surface area contributed by atoms with Gasteiger partial charge < -0.3 is 20.0 Å². The first kappa shape index (κ1) is 28.9. The number of nitrogens with zero attached hydrogens (tertiary/aromatic N) is 5. The number of ketones is 1. The number of Topliss-reactive ketones (excluding diaryl/α,β-unsaturated/α-hetero) is 1. The number of hydrogen-bond acceptors (Lipinski definition) is 7. The molecule has 8 nitrogen and oxygen atoms in total. The fourth-order valence-electron chi connectivity index (χ4n) is 8.33. The zero-order valence-corrected chi connectivity index (χ0v) is 27.4. The number of aromatic nitrogens is 2. The minimum Gasteiger partial charge on any atom is -0.364 e. The molecule has 0 radical (unpaired) electrons. The number of piperazine rings is 1. The summed E-state index contributed by atoms with van der Waals surface area (Å²) in [5.74, 6) is 0.123. The SMILES string of the molecule is CCN1CCN(CCCCN2c3c4c(c5c(c3C3=CC(C(=O)c6sccc6C)=CC2C3)CNC5=O)-c2cn(C)nc2CC4)CC1. The van der Waals surface area contributed by atoms with Crippen molar-refractivity contribution < 1.29 is 9.59 Å². The van der Waals surface area contributed by atoms with E-state index < -0.39 is 0 Å². The summed E-state index contributed by atoms with van der Waals surface area (Å²) in [5, 5.41) is 9.95. The van der Waals surface area contributed by atoms with Crippen molar-refractivity contribution in [3.63, 3.8) is 0 Å². The summed E-state index contributed by atoms with van der Waals surface area (Å²) in [6.07, 6.45) is 11.3. The number of hydrogen-bond donors (Lipinski definition) is 1. The predicted octanol–water partition coefficient (Wildman–Crippen LogP) is 5.00. The molecule has 45 heavy (non-hydrogen) atoms. The van der Waals surface area contributed by atoms with Gasteiger partial charge in [0.1, 0.15) is 0 Å². The van der Waals surface area contributed by atoms with Gasteiger partial charge in [-0.05, 0) is 91.9 Å². The van der Waals surface area contributed by atoms with Gasteiger partial charge in [0.05, 0.1) is 22.2 Å². The lowest BCUT2D eigenvalue weighted by Gasteiger charge is -2.44. The summed E-state index contributed by atoms with van der Waals surface area (Å²) in [7, 11) is 1.97. The third kappa shape index (κ3) is 4.82. The highest BCUT2D eigenvalue weighted by atomic mass is 32.1. The summed E-state index contributed by atoms with van der Waals surface area (Å²) in [5.41, 5.74) is 12.0. The van der Waals surface area contributed by atoms with E-state index in [9.17, 15) is 9.59 Å². The number of unbranched alkanes of at least 4 members (excludes halogenated alkanes) is 1. The smallest absolute Gasteiger partial charge is 0.252 e. The number of carbonyl (C=O) groups is 2. The van der Waals surface area contributed by atoms with Crippen LogP contribution in [0, 0.1) is 6.92 Å². The Balaban J connectivity index is 1.20. The lowest BCUT2D eigenvalue weighted by Crippen LogP contribution is -2.46. The van der Waals surface area contributed by atoms with Gasteiger partial charge in [0.25, 0.3) is 5.91 Å². The van der Waals surface area contributed by atoms with E-state index >= 15 is 0 Å². The van der Waals surface area contributed by atoms with Crippen LogP contribution in [-0.4, -0.2) is 83.1 Å². The van der Waals surface area contributed by atoms with Crippen molar-refractivity contribution in [2.75, 3.05) is 50.7 Å². The van der Waals surface area contributed by atoms with Crippen LogP contribution in [0.1, 0.15) is 74.2 Å². The van der Waals surface area contributed by atoms with Crippen LogP contribution in [-0.2, 0) is 26.4 Å².